The van der Waals surface area contributed by atoms with E-state index in [2.05, 4.69) is 38.7 Å². The molecule has 4 nitrogen and oxygen atoms in total. The number of carbonyl (C=O) groups is 2. The molecule has 2 atom stereocenters. The van der Waals surface area contributed by atoms with Crippen molar-refractivity contribution in [1.29, 1.82) is 0 Å². The Labute approximate surface area is 156 Å². The van der Waals surface area contributed by atoms with E-state index in [9.17, 15) is 9.59 Å². The summed E-state index contributed by atoms with van der Waals surface area (Å²) in [4.78, 5) is 24.3. The maximum atomic E-state index is 12.4. The zero-order valence-corrected chi connectivity index (χ0v) is 15.7. The average molecular weight is 401 g/mol. The second-order valence-electron chi connectivity index (χ2n) is 6.33. The van der Waals surface area contributed by atoms with Gasteiger partial charge in [-0.2, -0.15) is 0 Å². The molecule has 0 heterocycles. The van der Waals surface area contributed by atoms with Crippen molar-refractivity contribution in [2.75, 3.05) is 11.9 Å². The highest BCUT2D eigenvalue weighted by molar-refractivity contribution is 9.10. The molecule has 1 saturated carbocycles. The predicted molar refractivity (Wildman–Crippen MR) is 103 cm³/mol. The molecule has 2 unspecified atom stereocenters. The van der Waals surface area contributed by atoms with Crippen LogP contribution in [0.3, 0.4) is 0 Å². The smallest absolute Gasteiger partial charge is 0.251 e. The van der Waals surface area contributed by atoms with Crippen LogP contribution in [0.5, 0.6) is 0 Å². The van der Waals surface area contributed by atoms with E-state index in [1.807, 2.05) is 19.1 Å². The summed E-state index contributed by atoms with van der Waals surface area (Å²) in [6.07, 6.45) is 1.78. The third-order valence-corrected chi connectivity index (χ3v) is 4.85. The molecule has 2 aromatic rings. The molecule has 0 aromatic heterocycles. The third-order valence-electron chi connectivity index (χ3n) is 4.35. The second kappa shape index (κ2) is 7.83. The van der Waals surface area contributed by atoms with E-state index in [1.165, 1.54) is 5.56 Å². The second-order valence-corrected chi connectivity index (χ2v) is 7.24. The molecule has 0 bridgehead atoms. The molecule has 1 fully saturated rings. The standard InChI is InChI=1S/C20H21BrN2O2/c1-2-10-22-19(24)13-6-8-16(9-7-13)23-20(25)18-12-17(18)14-4-3-5-15(21)11-14/h3-9,11,17-18H,2,10,12H2,1H3,(H,22,24)(H,23,25). The molecule has 1 aliphatic carbocycles. The Morgan fingerprint density at radius 2 is 1.92 bits per heavy atom. The zero-order valence-electron chi connectivity index (χ0n) is 14.1. The van der Waals surface area contributed by atoms with E-state index in [1.54, 1.807) is 24.3 Å². The first-order valence-electron chi connectivity index (χ1n) is 8.53. The summed E-state index contributed by atoms with van der Waals surface area (Å²) < 4.78 is 1.04. The molecule has 0 spiro atoms. The van der Waals surface area contributed by atoms with Gasteiger partial charge >= 0.3 is 0 Å². The van der Waals surface area contributed by atoms with Crippen molar-refractivity contribution in [2.24, 2.45) is 5.92 Å². The SMILES string of the molecule is CCCNC(=O)c1ccc(NC(=O)C2CC2c2cccc(Br)c2)cc1. The summed E-state index contributed by atoms with van der Waals surface area (Å²) in [6, 6.07) is 15.1. The Bertz CT molecular complexity index is 774. The molecular weight excluding hydrogens is 380 g/mol. The summed E-state index contributed by atoms with van der Waals surface area (Å²) >= 11 is 3.47. The van der Waals surface area contributed by atoms with Crippen LogP contribution in [0.4, 0.5) is 5.69 Å². The highest BCUT2D eigenvalue weighted by Crippen LogP contribution is 2.48. The molecule has 25 heavy (non-hydrogen) atoms. The average Bonchev–Trinajstić information content (AvgIpc) is 3.41. The third kappa shape index (κ3) is 4.48. The van der Waals surface area contributed by atoms with Crippen LogP contribution in [0.25, 0.3) is 0 Å². The van der Waals surface area contributed by atoms with Gasteiger partial charge in [0.1, 0.15) is 0 Å². The molecule has 2 N–H and O–H groups in total. The molecule has 130 valence electrons. The summed E-state index contributed by atoms with van der Waals surface area (Å²) in [6.45, 7) is 2.67. The lowest BCUT2D eigenvalue weighted by molar-refractivity contribution is -0.117. The van der Waals surface area contributed by atoms with Gasteiger partial charge in [0.2, 0.25) is 5.91 Å². The fourth-order valence-electron chi connectivity index (χ4n) is 2.87. The van der Waals surface area contributed by atoms with E-state index in [0.717, 1.165) is 23.0 Å². The minimum absolute atomic E-state index is 0.0156. The Morgan fingerprint density at radius 3 is 2.60 bits per heavy atom. The Kier molecular flexibility index (Phi) is 5.53. The lowest BCUT2D eigenvalue weighted by atomic mass is 10.1. The summed E-state index contributed by atoms with van der Waals surface area (Å²) in [7, 11) is 0. The monoisotopic (exact) mass is 400 g/mol. The Balaban J connectivity index is 1.56. The van der Waals surface area contributed by atoms with Crippen molar-refractivity contribution in [3.05, 3.63) is 64.1 Å². The van der Waals surface area contributed by atoms with E-state index in [4.69, 9.17) is 0 Å². The van der Waals surface area contributed by atoms with Crippen molar-refractivity contribution in [3.63, 3.8) is 0 Å². The molecule has 0 radical (unpaired) electrons. The number of benzene rings is 2. The van der Waals surface area contributed by atoms with Crippen molar-refractivity contribution in [2.45, 2.75) is 25.7 Å². The zero-order chi connectivity index (χ0) is 17.8. The van der Waals surface area contributed by atoms with Crippen molar-refractivity contribution >= 4 is 33.4 Å². The van der Waals surface area contributed by atoms with Crippen molar-refractivity contribution in [3.8, 4) is 0 Å². The number of halogens is 1. The van der Waals surface area contributed by atoms with Crippen LogP contribution < -0.4 is 10.6 Å². The van der Waals surface area contributed by atoms with Gasteiger partial charge < -0.3 is 10.6 Å². The summed E-state index contributed by atoms with van der Waals surface area (Å²) in [5.41, 5.74) is 2.51. The number of anilines is 1. The number of amides is 2. The molecule has 2 aromatic carbocycles. The first kappa shape index (κ1) is 17.7. The topological polar surface area (TPSA) is 58.2 Å². The molecular formula is C20H21BrN2O2. The van der Waals surface area contributed by atoms with E-state index in [0.29, 0.717) is 12.1 Å². The number of rotatable bonds is 6. The van der Waals surface area contributed by atoms with Crippen LogP contribution in [0.1, 0.15) is 41.6 Å². The number of nitrogens with one attached hydrogen (secondary N) is 2. The molecule has 0 aliphatic heterocycles. The van der Waals surface area contributed by atoms with Gasteiger partial charge in [0.05, 0.1) is 0 Å². The number of hydrogen-bond donors (Lipinski definition) is 2. The van der Waals surface area contributed by atoms with Crippen LogP contribution in [0.15, 0.2) is 53.0 Å². The first-order chi connectivity index (χ1) is 12.1. The van der Waals surface area contributed by atoms with Gasteiger partial charge in [-0.1, -0.05) is 35.0 Å². The fourth-order valence-corrected chi connectivity index (χ4v) is 3.29. The van der Waals surface area contributed by atoms with Crippen LogP contribution in [0.2, 0.25) is 0 Å². The van der Waals surface area contributed by atoms with E-state index in [-0.39, 0.29) is 23.7 Å². The van der Waals surface area contributed by atoms with Crippen LogP contribution in [-0.4, -0.2) is 18.4 Å². The summed E-state index contributed by atoms with van der Waals surface area (Å²) in [5.74, 6) is 0.253. The van der Waals surface area contributed by atoms with Crippen LogP contribution in [0, 0.1) is 5.92 Å². The number of hydrogen-bond acceptors (Lipinski definition) is 2. The number of carbonyl (C=O) groups excluding carboxylic acids is 2. The fraction of sp³-hybridized carbons (Fsp3) is 0.300. The van der Waals surface area contributed by atoms with E-state index >= 15 is 0 Å². The summed E-state index contributed by atoms with van der Waals surface area (Å²) in [5, 5.41) is 5.78. The van der Waals surface area contributed by atoms with Crippen molar-refractivity contribution < 1.29 is 9.59 Å². The highest BCUT2D eigenvalue weighted by atomic mass is 79.9. The molecule has 0 saturated heterocycles. The molecule has 5 heteroatoms. The lowest BCUT2D eigenvalue weighted by Gasteiger charge is -2.07. The van der Waals surface area contributed by atoms with Crippen LogP contribution in [-0.2, 0) is 4.79 Å². The highest BCUT2D eigenvalue weighted by Gasteiger charge is 2.43. The van der Waals surface area contributed by atoms with Crippen LogP contribution >= 0.6 is 15.9 Å². The van der Waals surface area contributed by atoms with Gasteiger partial charge in [0, 0.05) is 28.2 Å². The first-order valence-corrected chi connectivity index (χ1v) is 9.32. The van der Waals surface area contributed by atoms with Gasteiger partial charge in [0.15, 0.2) is 0 Å². The minimum Gasteiger partial charge on any atom is -0.352 e. The van der Waals surface area contributed by atoms with Gasteiger partial charge in [-0.3, -0.25) is 9.59 Å². The lowest BCUT2D eigenvalue weighted by Crippen LogP contribution is -2.23. The van der Waals surface area contributed by atoms with Gasteiger partial charge in [-0.15, -0.1) is 0 Å². The molecule has 2 amide bonds. The Morgan fingerprint density at radius 1 is 1.16 bits per heavy atom. The van der Waals surface area contributed by atoms with Gasteiger partial charge in [-0.05, 0) is 60.7 Å². The Hall–Kier alpha value is -2.14. The maximum absolute atomic E-state index is 12.4. The largest absolute Gasteiger partial charge is 0.352 e. The minimum atomic E-state index is -0.0864. The molecule has 1 aliphatic rings. The van der Waals surface area contributed by atoms with Crippen molar-refractivity contribution in [1.82, 2.24) is 5.32 Å². The normalized spacial score (nSPS) is 18.5. The van der Waals surface area contributed by atoms with Gasteiger partial charge in [-0.25, -0.2) is 0 Å². The van der Waals surface area contributed by atoms with E-state index < -0.39 is 0 Å². The molecule has 3 rings (SSSR count). The predicted octanol–water partition coefficient (Wildman–Crippen LogP) is 4.33. The maximum Gasteiger partial charge on any atom is 0.251 e. The quantitative estimate of drug-likeness (QED) is 0.757. The van der Waals surface area contributed by atoms with Gasteiger partial charge in [0.25, 0.3) is 5.91 Å².